The fourth-order valence-electron chi connectivity index (χ4n) is 2.12. The third-order valence-electron chi connectivity index (χ3n) is 2.96. The maximum absolute atomic E-state index is 5.87. The Morgan fingerprint density at radius 3 is 3.06 bits per heavy atom. The maximum atomic E-state index is 5.87. The summed E-state index contributed by atoms with van der Waals surface area (Å²) >= 11 is 7.73. The highest BCUT2D eigenvalue weighted by Crippen LogP contribution is 2.31. The molecule has 0 aliphatic heterocycles. The monoisotopic (exact) mass is 257 g/mol. The van der Waals surface area contributed by atoms with E-state index in [1.807, 2.05) is 11.8 Å². The molecule has 1 heterocycles. The van der Waals surface area contributed by atoms with Gasteiger partial charge in [0, 0.05) is 17.5 Å². The molecule has 1 aromatic heterocycles. The molecule has 3 N–H and O–H groups in total. The fourth-order valence-corrected chi connectivity index (χ4v) is 3.23. The van der Waals surface area contributed by atoms with Crippen LogP contribution in [-0.2, 0) is 0 Å². The number of anilines is 2. The molecule has 3 nitrogen and oxygen atoms in total. The molecule has 88 valence electrons. The van der Waals surface area contributed by atoms with E-state index in [-0.39, 0.29) is 0 Å². The van der Waals surface area contributed by atoms with Crippen LogP contribution >= 0.6 is 23.4 Å². The Kier molecular flexibility index (Phi) is 3.82. The van der Waals surface area contributed by atoms with Crippen LogP contribution in [0.3, 0.4) is 0 Å². The quantitative estimate of drug-likeness (QED) is 0.874. The number of pyridine rings is 1. The zero-order chi connectivity index (χ0) is 11.5. The Labute approximate surface area is 105 Å². The molecule has 0 amide bonds. The molecule has 1 aliphatic rings. The van der Waals surface area contributed by atoms with Crippen LogP contribution in [0.1, 0.15) is 19.3 Å². The molecule has 0 bridgehead atoms. The number of hydrogen-bond donors (Lipinski definition) is 2. The van der Waals surface area contributed by atoms with E-state index in [1.165, 1.54) is 19.3 Å². The molecule has 0 aromatic carbocycles. The summed E-state index contributed by atoms with van der Waals surface area (Å²) in [6.07, 6.45) is 7.52. The fraction of sp³-hybridized carbons (Fsp3) is 0.545. The summed E-state index contributed by atoms with van der Waals surface area (Å²) in [6.45, 7) is 0. The van der Waals surface area contributed by atoms with Crippen LogP contribution in [-0.4, -0.2) is 22.5 Å². The molecule has 0 saturated heterocycles. The summed E-state index contributed by atoms with van der Waals surface area (Å²) in [5.74, 6) is 0.760. The second-order valence-corrected chi connectivity index (χ2v) is 5.56. The van der Waals surface area contributed by atoms with E-state index in [0.29, 0.717) is 22.0 Å². The number of nitrogen functional groups attached to an aromatic ring is 1. The topological polar surface area (TPSA) is 50.9 Å². The average molecular weight is 258 g/mol. The highest BCUT2D eigenvalue weighted by Gasteiger charge is 2.26. The SMILES string of the molecule is CSC1CCCC1Nc1ncc(Cl)cc1N. The van der Waals surface area contributed by atoms with Crippen LogP contribution < -0.4 is 11.1 Å². The van der Waals surface area contributed by atoms with Crippen molar-refractivity contribution in [2.45, 2.75) is 30.6 Å². The van der Waals surface area contributed by atoms with E-state index in [1.54, 1.807) is 12.3 Å². The van der Waals surface area contributed by atoms with E-state index < -0.39 is 0 Å². The van der Waals surface area contributed by atoms with Gasteiger partial charge in [0.2, 0.25) is 0 Å². The summed E-state index contributed by atoms with van der Waals surface area (Å²) in [5.41, 5.74) is 6.49. The second kappa shape index (κ2) is 5.15. The molecule has 1 aromatic rings. The van der Waals surface area contributed by atoms with Gasteiger partial charge in [-0.2, -0.15) is 11.8 Å². The number of nitrogens with two attached hydrogens (primary N) is 1. The Bertz CT molecular complexity index is 372. The van der Waals surface area contributed by atoms with Crippen molar-refractivity contribution in [3.05, 3.63) is 17.3 Å². The first kappa shape index (κ1) is 11.9. The molecule has 0 radical (unpaired) electrons. The van der Waals surface area contributed by atoms with Gasteiger partial charge in [-0.15, -0.1) is 0 Å². The Hall–Kier alpha value is -0.610. The second-order valence-electron chi connectivity index (χ2n) is 4.05. The van der Waals surface area contributed by atoms with Crippen LogP contribution in [0.5, 0.6) is 0 Å². The summed E-state index contributed by atoms with van der Waals surface area (Å²) in [6, 6.07) is 2.21. The first-order valence-corrected chi connectivity index (χ1v) is 7.07. The van der Waals surface area contributed by atoms with Crippen molar-refractivity contribution < 1.29 is 0 Å². The van der Waals surface area contributed by atoms with Gasteiger partial charge >= 0.3 is 0 Å². The molecule has 0 spiro atoms. The van der Waals surface area contributed by atoms with Gasteiger partial charge in [-0.1, -0.05) is 18.0 Å². The van der Waals surface area contributed by atoms with Crippen LogP contribution in [0.2, 0.25) is 5.02 Å². The largest absolute Gasteiger partial charge is 0.396 e. The lowest BCUT2D eigenvalue weighted by Crippen LogP contribution is -2.26. The summed E-state index contributed by atoms with van der Waals surface area (Å²) < 4.78 is 0. The third kappa shape index (κ3) is 2.55. The minimum Gasteiger partial charge on any atom is -0.396 e. The number of nitrogens with zero attached hydrogens (tertiary/aromatic N) is 1. The lowest BCUT2D eigenvalue weighted by Gasteiger charge is -2.20. The standard InChI is InChI=1S/C11H16ClN3S/c1-16-10-4-2-3-9(10)15-11-8(13)5-7(12)6-14-11/h5-6,9-10H,2-4,13H2,1H3,(H,14,15). The molecular formula is C11H16ClN3S. The zero-order valence-corrected chi connectivity index (χ0v) is 10.8. The molecule has 1 fully saturated rings. The smallest absolute Gasteiger partial charge is 0.149 e. The van der Waals surface area contributed by atoms with Crippen molar-refractivity contribution in [2.24, 2.45) is 0 Å². The van der Waals surface area contributed by atoms with Crippen molar-refractivity contribution in [2.75, 3.05) is 17.3 Å². The number of thioether (sulfide) groups is 1. The number of halogens is 1. The van der Waals surface area contributed by atoms with Gasteiger partial charge in [0.05, 0.1) is 10.7 Å². The Morgan fingerprint density at radius 2 is 2.38 bits per heavy atom. The van der Waals surface area contributed by atoms with E-state index in [0.717, 1.165) is 5.82 Å². The Morgan fingerprint density at radius 1 is 1.56 bits per heavy atom. The van der Waals surface area contributed by atoms with Gasteiger partial charge in [0.1, 0.15) is 5.82 Å². The molecule has 2 rings (SSSR count). The molecule has 16 heavy (non-hydrogen) atoms. The lowest BCUT2D eigenvalue weighted by molar-refractivity contribution is 0.764. The van der Waals surface area contributed by atoms with Gasteiger partial charge in [0.25, 0.3) is 0 Å². The third-order valence-corrected chi connectivity index (χ3v) is 4.34. The molecule has 5 heteroatoms. The van der Waals surface area contributed by atoms with Crippen LogP contribution in [0.4, 0.5) is 11.5 Å². The van der Waals surface area contributed by atoms with E-state index in [4.69, 9.17) is 17.3 Å². The normalized spacial score (nSPS) is 24.6. The van der Waals surface area contributed by atoms with Crippen LogP contribution in [0.25, 0.3) is 0 Å². The number of rotatable bonds is 3. The zero-order valence-electron chi connectivity index (χ0n) is 9.24. The minimum atomic E-state index is 0.478. The van der Waals surface area contributed by atoms with Crippen molar-refractivity contribution in [3.8, 4) is 0 Å². The van der Waals surface area contributed by atoms with Gasteiger partial charge in [0.15, 0.2) is 0 Å². The predicted octanol–water partition coefficient (Wildman–Crippen LogP) is 3.01. The number of hydrogen-bond acceptors (Lipinski definition) is 4. The maximum Gasteiger partial charge on any atom is 0.149 e. The minimum absolute atomic E-state index is 0.478. The first-order valence-electron chi connectivity index (χ1n) is 5.41. The highest BCUT2D eigenvalue weighted by atomic mass is 35.5. The van der Waals surface area contributed by atoms with Gasteiger partial charge < -0.3 is 11.1 Å². The predicted molar refractivity (Wildman–Crippen MR) is 72.2 cm³/mol. The van der Waals surface area contributed by atoms with Crippen LogP contribution in [0.15, 0.2) is 12.3 Å². The van der Waals surface area contributed by atoms with E-state index in [2.05, 4.69) is 16.6 Å². The van der Waals surface area contributed by atoms with E-state index >= 15 is 0 Å². The lowest BCUT2D eigenvalue weighted by atomic mass is 10.2. The van der Waals surface area contributed by atoms with Crippen LogP contribution in [0, 0.1) is 0 Å². The molecule has 1 saturated carbocycles. The summed E-state index contributed by atoms with van der Waals surface area (Å²) in [5, 5.41) is 4.67. The van der Waals surface area contributed by atoms with Crippen molar-refractivity contribution >= 4 is 34.9 Å². The van der Waals surface area contributed by atoms with Gasteiger partial charge in [-0.3, -0.25) is 0 Å². The highest BCUT2D eigenvalue weighted by molar-refractivity contribution is 7.99. The summed E-state index contributed by atoms with van der Waals surface area (Å²) in [4.78, 5) is 4.23. The first-order chi connectivity index (χ1) is 7.70. The molecule has 2 atom stereocenters. The number of nitrogens with one attached hydrogen (secondary N) is 1. The molecule has 1 aliphatic carbocycles. The van der Waals surface area contributed by atoms with Crippen molar-refractivity contribution in [1.82, 2.24) is 4.98 Å². The molecule has 2 unspecified atom stereocenters. The summed E-state index contributed by atoms with van der Waals surface area (Å²) in [7, 11) is 0. The van der Waals surface area contributed by atoms with Gasteiger partial charge in [-0.05, 0) is 25.2 Å². The average Bonchev–Trinajstić information content (AvgIpc) is 2.69. The van der Waals surface area contributed by atoms with E-state index in [9.17, 15) is 0 Å². The number of aromatic nitrogens is 1. The molecular weight excluding hydrogens is 242 g/mol. The van der Waals surface area contributed by atoms with Crippen molar-refractivity contribution in [3.63, 3.8) is 0 Å². The Balaban J connectivity index is 2.08. The van der Waals surface area contributed by atoms with Crippen molar-refractivity contribution in [1.29, 1.82) is 0 Å². The van der Waals surface area contributed by atoms with Gasteiger partial charge in [-0.25, -0.2) is 4.98 Å².